The summed E-state index contributed by atoms with van der Waals surface area (Å²) in [5, 5.41) is 2.55. The van der Waals surface area contributed by atoms with Gasteiger partial charge in [-0.3, -0.25) is 9.59 Å². The molecular weight excluding hydrogens is 540 g/mol. The number of hydrogen-bond donors (Lipinski definition) is 1. The highest BCUT2D eigenvalue weighted by molar-refractivity contribution is 9.10. The van der Waals surface area contributed by atoms with Crippen molar-refractivity contribution < 1.29 is 28.7 Å². The van der Waals surface area contributed by atoms with Gasteiger partial charge in [-0.25, -0.2) is 14.5 Å². The molecule has 0 unspecified atom stereocenters. The lowest BCUT2D eigenvalue weighted by molar-refractivity contribution is -0.120. The van der Waals surface area contributed by atoms with Crippen molar-refractivity contribution >= 4 is 62.7 Å². The molecule has 10 heteroatoms. The van der Waals surface area contributed by atoms with Crippen LogP contribution in [-0.2, 0) is 14.3 Å². The molecule has 3 aromatic carbocycles. The van der Waals surface area contributed by atoms with E-state index in [1.165, 1.54) is 43.5 Å². The first-order valence-electron chi connectivity index (χ1n) is 10.1. The molecule has 4 rings (SSSR count). The zero-order valence-corrected chi connectivity index (χ0v) is 20.4. The summed E-state index contributed by atoms with van der Waals surface area (Å²) in [5.74, 6) is -2.07. The number of nitrogens with one attached hydrogen (secondary N) is 1. The third-order valence-electron chi connectivity index (χ3n) is 4.99. The minimum Gasteiger partial charge on any atom is -0.465 e. The van der Waals surface area contributed by atoms with Crippen LogP contribution >= 0.6 is 27.5 Å². The standard InChI is InChI=1S/C25H16BrClN2O6/c1-34-24(32)14-4-10-18(11-5-14)29-22(30)20(27)21(23(29)31)28-17-8-2-15(3-9-17)25(33)35-19-12-6-16(26)7-13-19/h2-13,28H,1H3. The topological polar surface area (TPSA) is 102 Å². The third-order valence-corrected chi connectivity index (χ3v) is 5.87. The zero-order chi connectivity index (χ0) is 25.1. The second-order valence-corrected chi connectivity index (χ2v) is 8.51. The number of amides is 2. The number of ether oxygens (including phenoxy) is 2. The third kappa shape index (κ3) is 5.11. The Morgan fingerprint density at radius 3 is 2.00 bits per heavy atom. The molecule has 176 valence electrons. The fourth-order valence-corrected chi connectivity index (χ4v) is 3.69. The van der Waals surface area contributed by atoms with Crippen molar-refractivity contribution in [2.24, 2.45) is 0 Å². The van der Waals surface area contributed by atoms with Crippen LogP contribution < -0.4 is 15.0 Å². The average Bonchev–Trinajstić information content (AvgIpc) is 3.08. The van der Waals surface area contributed by atoms with Crippen LogP contribution in [0.1, 0.15) is 20.7 Å². The number of anilines is 2. The Balaban J connectivity index is 1.46. The SMILES string of the molecule is COC(=O)c1ccc(N2C(=O)C(Cl)=C(Nc3ccc(C(=O)Oc4ccc(Br)cc4)cc3)C2=O)cc1. The fraction of sp³-hybridized carbons (Fsp3) is 0.0400. The molecule has 0 spiro atoms. The number of hydrogen-bond acceptors (Lipinski definition) is 7. The maximum Gasteiger partial charge on any atom is 0.343 e. The Morgan fingerprint density at radius 2 is 1.40 bits per heavy atom. The Kier molecular flexibility index (Phi) is 6.99. The molecule has 0 aromatic heterocycles. The van der Waals surface area contributed by atoms with Gasteiger partial charge in [0.2, 0.25) is 0 Å². The van der Waals surface area contributed by atoms with E-state index in [1.54, 1.807) is 36.4 Å². The first kappa shape index (κ1) is 24.2. The molecule has 35 heavy (non-hydrogen) atoms. The molecule has 0 atom stereocenters. The van der Waals surface area contributed by atoms with Crippen LogP contribution in [0, 0.1) is 0 Å². The summed E-state index contributed by atoms with van der Waals surface area (Å²) in [7, 11) is 1.25. The van der Waals surface area contributed by atoms with E-state index >= 15 is 0 Å². The minimum absolute atomic E-state index is 0.112. The van der Waals surface area contributed by atoms with Crippen molar-refractivity contribution in [3.05, 3.63) is 99.1 Å². The average molecular weight is 556 g/mol. The highest BCUT2D eigenvalue weighted by Crippen LogP contribution is 2.30. The van der Waals surface area contributed by atoms with E-state index in [-0.39, 0.29) is 22.0 Å². The van der Waals surface area contributed by atoms with Gasteiger partial charge in [0.15, 0.2) is 0 Å². The van der Waals surface area contributed by atoms with Crippen LogP contribution in [0.2, 0.25) is 0 Å². The van der Waals surface area contributed by atoms with Gasteiger partial charge in [0.05, 0.1) is 23.9 Å². The Hall–Kier alpha value is -3.95. The number of rotatable bonds is 6. The van der Waals surface area contributed by atoms with Gasteiger partial charge in [0.25, 0.3) is 11.8 Å². The van der Waals surface area contributed by atoms with Gasteiger partial charge in [-0.15, -0.1) is 0 Å². The van der Waals surface area contributed by atoms with Crippen LogP contribution in [0.3, 0.4) is 0 Å². The summed E-state index contributed by atoms with van der Waals surface area (Å²) >= 11 is 9.47. The monoisotopic (exact) mass is 554 g/mol. The van der Waals surface area contributed by atoms with Gasteiger partial charge in [-0.05, 0) is 72.8 Å². The molecule has 1 N–H and O–H groups in total. The first-order chi connectivity index (χ1) is 16.8. The van der Waals surface area contributed by atoms with E-state index in [9.17, 15) is 19.2 Å². The van der Waals surface area contributed by atoms with E-state index in [1.807, 2.05) is 0 Å². The number of methoxy groups -OCH3 is 1. The molecule has 8 nitrogen and oxygen atoms in total. The van der Waals surface area contributed by atoms with Crippen molar-refractivity contribution in [1.29, 1.82) is 0 Å². The summed E-state index contributed by atoms with van der Waals surface area (Å²) in [5.41, 5.74) is 1.13. The fourth-order valence-electron chi connectivity index (χ4n) is 3.21. The minimum atomic E-state index is -0.709. The van der Waals surface area contributed by atoms with Gasteiger partial charge in [0.1, 0.15) is 16.5 Å². The summed E-state index contributed by atoms with van der Waals surface area (Å²) in [4.78, 5) is 50.5. The molecule has 0 saturated heterocycles. The van der Waals surface area contributed by atoms with Gasteiger partial charge in [-0.2, -0.15) is 0 Å². The Labute approximate surface area is 213 Å². The zero-order valence-electron chi connectivity index (χ0n) is 18.1. The molecule has 0 aliphatic carbocycles. The molecule has 0 fully saturated rings. The van der Waals surface area contributed by atoms with E-state index < -0.39 is 23.8 Å². The molecule has 2 amide bonds. The second-order valence-electron chi connectivity index (χ2n) is 7.22. The summed E-state index contributed by atoms with van der Waals surface area (Å²) in [6.45, 7) is 0. The maximum absolute atomic E-state index is 12.9. The summed E-state index contributed by atoms with van der Waals surface area (Å²) in [6, 6.07) is 18.7. The van der Waals surface area contributed by atoms with Crippen LogP contribution in [0.5, 0.6) is 5.75 Å². The van der Waals surface area contributed by atoms with E-state index in [0.717, 1.165) is 9.37 Å². The van der Waals surface area contributed by atoms with Crippen molar-refractivity contribution in [3.8, 4) is 5.75 Å². The number of nitrogens with zero attached hydrogens (tertiary/aromatic N) is 1. The van der Waals surface area contributed by atoms with Crippen molar-refractivity contribution in [3.63, 3.8) is 0 Å². The number of benzene rings is 3. The van der Waals surface area contributed by atoms with E-state index in [4.69, 9.17) is 16.3 Å². The summed E-state index contributed by atoms with van der Waals surface area (Å²) in [6.07, 6.45) is 0. The molecular formula is C25H16BrClN2O6. The van der Waals surface area contributed by atoms with Crippen LogP contribution in [0.15, 0.2) is 88.0 Å². The normalized spacial score (nSPS) is 13.2. The number of imide groups is 1. The quantitative estimate of drug-likeness (QED) is 0.262. The molecule has 0 bridgehead atoms. The lowest BCUT2D eigenvalue weighted by atomic mass is 10.2. The largest absolute Gasteiger partial charge is 0.465 e. The van der Waals surface area contributed by atoms with Crippen LogP contribution in [0.4, 0.5) is 11.4 Å². The first-order valence-corrected chi connectivity index (χ1v) is 11.3. The van der Waals surface area contributed by atoms with Crippen molar-refractivity contribution in [2.75, 3.05) is 17.3 Å². The van der Waals surface area contributed by atoms with Crippen LogP contribution in [0.25, 0.3) is 0 Å². The molecule has 1 aliphatic heterocycles. The van der Waals surface area contributed by atoms with Gasteiger partial charge in [0, 0.05) is 10.2 Å². The maximum atomic E-state index is 12.9. The molecule has 0 radical (unpaired) electrons. The van der Waals surface area contributed by atoms with Gasteiger partial charge >= 0.3 is 11.9 Å². The predicted molar refractivity (Wildman–Crippen MR) is 132 cm³/mol. The van der Waals surface area contributed by atoms with Crippen molar-refractivity contribution in [1.82, 2.24) is 0 Å². The Bertz CT molecular complexity index is 1350. The van der Waals surface area contributed by atoms with Gasteiger partial charge < -0.3 is 14.8 Å². The van der Waals surface area contributed by atoms with Crippen LogP contribution in [-0.4, -0.2) is 30.9 Å². The highest BCUT2D eigenvalue weighted by atomic mass is 79.9. The lowest BCUT2D eigenvalue weighted by Crippen LogP contribution is -2.32. The summed E-state index contributed by atoms with van der Waals surface area (Å²) < 4.78 is 10.8. The number of esters is 2. The van der Waals surface area contributed by atoms with E-state index in [0.29, 0.717) is 17.0 Å². The molecule has 1 aliphatic rings. The smallest absolute Gasteiger partial charge is 0.343 e. The molecule has 1 heterocycles. The Morgan fingerprint density at radius 1 is 0.829 bits per heavy atom. The number of halogens is 2. The van der Waals surface area contributed by atoms with E-state index in [2.05, 4.69) is 26.0 Å². The highest BCUT2D eigenvalue weighted by Gasteiger charge is 2.39. The van der Waals surface area contributed by atoms with Gasteiger partial charge in [-0.1, -0.05) is 27.5 Å². The number of carbonyl (C=O) groups excluding carboxylic acids is 4. The molecule has 3 aromatic rings. The second kappa shape index (κ2) is 10.1. The number of carbonyl (C=O) groups is 4. The molecule has 0 saturated carbocycles. The predicted octanol–water partition coefficient (Wildman–Crippen LogP) is 4.89. The lowest BCUT2D eigenvalue weighted by Gasteiger charge is -2.15. The van der Waals surface area contributed by atoms with Crippen molar-refractivity contribution in [2.45, 2.75) is 0 Å².